The van der Waals surface area contributed by atoms with Crippen LogP contribution in [0.5, 0.6) is 0 Å². The minimum atomic E-state index is -1.49. The Morgan fingerprint density at radius 3 is 2.25 bits per heavy atom. The van der Waals surface area contributed by atoms with E-state index in [0.717, 1.165) is 0 Å². The Morgan fingerprint density at radius 2 is 2.00 bits per heavy atom. The maximum absolute atomic E-state index is 11.3. The second kappa shape index (κ2) is 3.72. The first-order chi connectivity index (χ1) is 5.33. The Hall–Kier alpha value is -0.830. The summed E-state index contributed by atoms with van der Waals surface area (Å²) < 4.78 is 0. The van der Waals surface area contributed by atoms with Crippen molar-refractivity contribution in [1.29, 1.82) is 0 Å². The number of rotatable bonds is 4. The van der Waals surface area contributed by atoms with Gasteiger partial charge in [-0.15, -0.1) is 18.2 Å². The van der Waals surface area contributed by atoms with Crippen molar-refractivity contribution >= 4 is 23.4 Å². The molecule has 0 aliphatic carbocycles. The predicted molar refractivity (Wildman–Crippen MR) is 46.3 cm³/mol. The summed E-state index contributed by atoms with van der Waals surface area (Å²) in [7, 11) is 0. The molecule has 0 amide bonds. The highest BCUT2D eigenvalue weighted by Gasteiger charge is 2.34. The van der Waals surface area contributed by atoms with Crippen LogP contribution in [0.2, 0.25) is 0 Å². The molecule has 4 heteroatoms. The third kappa shape index (κ3) is 2.34. The van der Waals surface area contributed by atoms with Crippen molar-refractivity contribution < 1.29 is 14.7 Å². The molecular formula is C8H11ClO3. The lowest BCUT2D eigenvalue weighted by Gasteiger charge is -2.18. The second-order valence-corrected chi connectivity index (χ2v) is 3.43. The van der Waals surface area contributed by atoms with E-state index >= 15 is 0 Å². The van der Waals surface area contributed by atoms with Gasteiger partial charge in [0.1, 0.15) is 0 Å². The van der Waals surface area contributed by atoms with E-state index in [4.69, 9.17) is 16.7 Å². The van der Waals surface area contributed by atoms with Gasteiger partial charge in [0.15, 0.2) is 11.2 Å². The molecule has 68 valence electrons. The zero-order chi connectivity index (χ0) is 9.94. The summed E-state index contributed by atoms with van der Waals surface area (Å²) in [5, 5.41) is 6.94. The van der Waals surface area contributed by atoms with Crippen LogP contribution in [0, 0.1) is 5.41 Å². The molecule has 0 aromatic rings. The van der Waals surface area contributed by atoms with Crippen LogP contribution in [0.15, 0.2) is 12.7 Å². The molecule has 0 aromatic carbocycles. The van der Waals surface area contributed by atoms with E-state index in [-0.39, 0.29) is 0 Å². The number of Topliss-reactive ketones (excluding diaryl/α,β-unsaturated/α-hetero) is 1. The average Bonchev–Trinajstić information content (AvgIpc) is 2.01. The summed E-state index contributed by atoms with van der Waals surface area (Å²) in [4.78, 5) is 21.6. The Kier molecular flexibility index (Phi) is 3.46. The van der Waals surface area contributed by atoms with Gasteiger partial charge in [-0.1, -0.05) is 6.08 Å². The first-order valence-corrected chi connectivity index (χ1v) is 3.81. The molecule has 0 saturated heterocycles. The molecule has 0 bridgehead atoms. The molecule has 1 unspecified atom stereocenters. The Labute approximate surface area is 76.0 Å². The van der Waals surface area contributed by atoms with Crippen molar-refractivity contribution in [3.05, 3.63) is 12.7 Å². The van der Waals surface area contributed by atoms with Crippen molar-refractivity contribution in [2.75, 3.05) is 0 Å². The van der Waals surface area contributed by atoms with Gasteiger partial charge in [-0.3, -0.25) is 9.59 Å². The number of carbonyl (C=O) groups is 2. The Morgan fingerprint density at radius 1 is 1.58 bits per heavy atom. The van der Waals surface area contributed by atoms with Gasteiger partial charge >= 0.3 is 5.97 Å². The van der Waals surface area contributed by atoms with E-state index in [9.17, 15) is 9.59 Å². The highest BCUT2D eigenvalue weighted by Crippen LogP contribution is 2.21. The zero-order valence-electron chi connectivity index (χ0n) is 7.00. The van der Waals surface area contributed by atoms with Gasteiger partial charge in [-0.2, -0.15) is 0 Å². The summed E-state index contributed by atoms with van der Waals surface area (Å²) in [6.45, 7) is 6.56. The van der Waals surface area contributed by atoms with E-state index in [2.05, 4.69) is 6.58 Å². The van der Waals surface area contributed by atoms with Gasteiger partial charge in [0.05, 0.1) is 0 Å². The van der Waals surface area contributed by atoms with Crippen molar-refractivity contribution in [1.82, 2.24) is 0 Å². The van der Waals surface area contributed by atoms with Gasteiger partial charge in [-0.05, 0) is 13.8 Å². The summed E-state index contributed by atoms with van der Waals surface area (Å²) in [6.07, 6.45) is 1.38. The lowest BCUT2D eigenvalue weighted by Crippen LogP contribution is -2.34. The number of carboxylic acid groups (broad SMARTS) is 1. The summed E-state index contributed by atoms with van der Waals surface area (Å²) in [5.41, 5.74) is -0.884. The molecule has 1 atom stereocenters. The Balaban J connectivity index is 4.60. The van der Waals surface area contributed by atoms with E-state index in [1.165, 1.54) is 6.08 Å². The van der Waals surface area contributed by atoms with Gasteiger partial charge < -0.3 is 5.11 Å². The number of hydrogen-bond donors (Lipinski definition) is 1. The van der Waals surface area contributed by atoms with Crippen LogP contribution < -0.4 is 0 Å². The standard InChI is InChI=1S/C8H11ClO3/c1-4-8(2,3)6(10)5(9)7(11)12/h4-5H,1H2,2-3H3,(H,11,12). The average molecular weight is 191 g/mol. The highest BCUT2D eigenvalue weighted by molar-refractivity contribution is 6.41. The van der Waals surface area contributed by atoms with Crippen LogP contribution >= 0.6 is 11.6 Å². The summed E-state index contributed by atoms with van der Waals surface area (Å²) in [5.74, 6) is -1.87. The molecule has 3 nitrogen and oxygen atoms in total. The number of ketones is 1. The van der Waals surface area contributed by atoms with Gasteiger partial charge in [-0.25, -0.2) is 0 Å². The predicted octanol–water partition coefficient (Wildman–Crippen LogP) is 1.46. The van der Waals surface area contributed by atoms with Crippen LogP contribution in [0.3, 0.4) is 0 Å². The number of alkyl halides is 1. The maximum atomic E-state index is 11.3. The minimum absolute atomic E-state index is 0.549. The maximum Gasteiger partial charge on any atom is 0.329 e. The fourth-order valence-electron chi connectivity index (χ4n) is 0.539. The lowest BCUT2D eigenvalue weighted by molar-refractivity contribution is -0.141. The van der Waals surface area contributed by atoms with Crippen LogP contribution in [-0.4, -0.2) is 22.2 Å². The third-order valence-electron chi connectivity index (χ3n) is 1.59. The molecular weight excluding hydrogens is 180 g/mol. The number of hydrogen-bond acceptors (Lipinski definition) is 2. The molecule has 0 saturated carbocycles. The van der Waals surface area contributed by atoms with E-state index < -0.39 is 22.5 Å². The number of carbonyl (C=O) groups excluding carboxylic acids is 1. The van der Waals surface area contributed by atoms with Crippen molar-refractivity contribution in [3.63, 3.8) is 0 Å². The second-order valence-electron chi connectivity index (χ2n) is 2.99. The molecule has 0 aliphatic rings. The quantitative estimate of drug-likeness (QED) is 0.415. The van der Waals surface area contributed by atoms with Crippen LogP contribution in [0.25, 0.3) is 0 Å². The molecule has 0 fully saturated rings. The van der Waals surface area contributed by atoms with E-state index in [0.29, 0.717) is 0 Å². The molecule has 0 aromatic heterocycles. The van der Waals surface area contributed by atoms with Gasteiger partial charge in [0.2, 0.25) is 0 Å². The lowest BCUT2D eigenvalue weighted by atomic mass is 9.86. The molecule has 0 aliphatic heterocycles. The topological polar surface area (TPSA) is 54.4 Å². The summed E-state index contributed by atoms with van der Waals surface area (Å²) >= 11 is 5.33. The molecule has 1 N–H and O–H groups in total. The number of carboxylic acids is 1. The van der Waals surface area contributed by atoms with Crippen LogP contribution in [-0.2, 0) is 9.59 Å². The van der Waals surface area contributed by atoms with E-state index in [1.807, 2.05) is 0 Å². The first kappa shape index (κ1) is 11.2. The normalized spacial score (nSPS) is 13.6. The zero-order valence-corrected chi connectivity index (χ0v) is 7.76. The van der Waals surface area contributed by atoms with Crippen molar-refractivity contribution in [2.45, 2.75) is 19.2 Å². The van der Waals surface area contributed by atoms with Crippen LogP contribution in [0.1, 0.15) is 13.8 Å². The monoisotopic (exact) mass is 190 g/mol. The molecule has 0 radical (unpaired) electrons. The third-order valence-corrected chi connectivity index (χ3v) is 1.98. The molecule has 0 heterocycles. The smallest absolute Gasteiger partial charge is 0.329 e. The molecule has 0 spiro atoms. The van der Waals surface area contributed by atoms with E-state index in [1.54, 1.807) is 13.8 Å². The SMILES string of the molecule is C=CC(C)(C)C(=O)C(Cl)C(=O)O. The van der Waals surface area contributed by atoms with Gasteiger partial charge in [0, 0.05) is 5.41 Å². The van der Waals surface area contributed by atoms with Crippen LogP contribution in [0.4, 0.5) is 0 Å². The van der Waals surface area contributed by atoms with Crippen molar-refractivity contribution in [2.24, 2.45) is 5.41 Å². The molecule has 0 rings (SSSR count). The minimum Gasteiger partial charge on any atom is -0.480 e. The molecule has 12 heavy (non-hydrogen) atoms. The fraction of sp³-hybridized carbons (Fsp3) is 0.500. The van der Waals surface area contributed by atoms with Crippen molar-refractivity contribution in [3.8, 4) is 0 Å². The first-order valence-electron chi connectivity index (χ1n) is 3.37. The number of halogens is 1. The summed E-state index contributed by atoms with van der Waals surface area (Å²) in [6, 6.07) is 0. The fourth-order valence-corrected chi connectivity index (χ4v) is 0.821. The largest absolute Gasteiger partial charge is 0.480 e. The van der Waals surface area contributed by atoms with Gasteiger partial charge in [0.25, 0.3) is 0 Å². The Bertz CT molecular complexity index is 220. The number of allylic oxidation sites excluding steroid dienone is 1. The number of aliphatic carboxylic acids is 1. The highest BCUT2D eigenvalue weighted by atomic mass is 35.5.